The quantitative estimate of drug-likeness (QED) is 0.898. The lowest BCUT2D eigenvalue weighted by Crippen LogP contribution is -2.03. The molecule has 6 heteroatoms. The Balaban J connectivity index is 1.95. The van der Waals surface area contributed by atoms with Gasteiger partial charge in [-0.15, -0.1) is 0 Å². The van der Waals surface area contributed by atoms with Gasteiger partial charge >= 0.3 is 0 Å². The van der Waals surface area contributed by atoms with Crippen molar-refractivity contribution >= 4 is 11.6 Å². The molecule has 2 rings (SSSR count). The van der Waals surface area contributed by atoms with Gasteiger partial charge in [-0.2, -0.15) is 4.98 Å². The standard InChI is InChI=1S/C12H14ClN3O2/c1-8-6-9(2-3-10(8)13)17-7-11-15-12(4-5-14)18-16-11/h2-3,6H,4-5,7,14H2,1H3. The summed E-state index contributed by atoms with van der Waals surface area (Å²) < 4.78 is 10.5. The SMILES string of the molecule is Cc1cc(OCc2noc(CCN)n2)ccc1Cl. The normalized spacial score (nSPS) is 10.6. The predicted molar refractivity (Wildman–Crippen MR) is 67.6 cm³/mol. The lowest BCUT2D eigenvalue weighted by atomic mass is 10.2. The second-order valence-corrected chi connectivity index (χ2v) is 4.25. The summed E-state index contributed by atoms with van der Waals surface area (Å²) in [6.45, 7) is 2.66. The number of hydrogen-bond acceptors (Lipinski definition) is 5. The van der Waals surface area contributed by atoms with E-state index in [9.17, 15) is 0 Å². The van der Waals surface area contributed by atoms with Crippen molar-refractivity contribution < 1.29 is 9.26 Å². The summed E-state index contributed by atoms with van der Waals surface area (Å²) in [6.07, 6.45) is 0.576. The van der Waals surface area contributed by atoms with Crippen molar-refractivity contribution in [2.45, 2.75) is 20.0 Å². The third-order valence-electron chi connectivity index (χ3n) is 2.37. The fraction of sp³-hybridized carbons (Fsp3) is 0.333. The number of rotatable bonds is 5. The van der Waals surface area contributed by atoms with E-state index >= 15 is 0 Å². The van der Waals surface area contributed by atoms with Crippen molar-refractivity contribution in [1.29, 1.82) is 0 Å². The van der Waals surface area contributed by atoms with Gasteiger partial charge < -0.3 is 15.0 Å². The highest BCUT2D eigenvalue weighted by molar-refractivity contribution is 6.31. The van der Waals surface area contributed by atoms with Gasteiger partial charge in [0.25, 0.3) is 0 Å². The van der Waals surface area contributed by atoms with E-state index in [0.717, 1.165) is 11.3 Å². The molecule has 0 saturated carbocycles. The first-order valence-electron chi connectivity index (χ1n) is 5.59. The summed E-state index contributed by atoms with van der Waals surface area (Å²) in [4.78, 5) is 4.15. The molecule has 18 heavy (non-hydrogen) atoms. The maximum atomic E-state index is 5.93. The van der Waals surface area contributed by atoms with Gasteiger partial charge in [0.15, 0.2) is 6.61 Å². The Kier molecular flexibility index (Phi) is 4.17. The first-order valence-corrected chi connectivity index (χ1v) is 5.97. The van der Waals surface area contributed by atoms with Crippen molar-refractivity contribution in [2.75, 3.05) is 6.54 Å². The van der Waals surface area contributed by atoms with Crippen LogP contribution in [-0.2, 0) is 13.0 Å². The van der Waals surface area contributed by atoms with E-state index in [-0.39, 0.29) is 6.61 Å². The van der Waals surface area contributed by atoms with E-state index < -0.39 is 0 Å². The van der Waals surface area contributed by atoms with E-state index in [1.54, 1.807) is 12.1 Å². The Morgan fingerprint density at radius 3 is 3.00 bits per heavy atom. The fourth-order valence-electron chi connectivity index (χ4n) is 1.43. The number of aromatic nitrogens is 2. The highest BCUT2D eigenvalue weighted by atomic mass is 35.5. The number of benzene rings is 1. The lowest BCUT2D eigenvalue weighted by Gasteiger charge is -2.05. The van der Waals surface area contributed by atoms with Crippen LogP contribution in [0.4, 0.5) is 0 Å². The van der Waals surface area contributed by atoms with Crippen molar-refractivity contribution in [1.82, 2.24) is 10.1 Å². The van der Waals surface area contributed by atoms with Crippen LogP contribution in [0.25, 0.3) is 0 Å². The van der Waals surface area contributed by atoms with E-state index in [2.05, 4.69) is 10.1 Å². The van der Waals surface area contributed by atoms with E-state index in [0.29, 0.717) is 29.7 Å². The molecule has 0 saturated heterocycles. The average Bonchev–Trinajstić information content (AvgIpc) is 2.79. The summed E-state index contributed by atoms with van der Waals surface area (Å²) in [5.74, 6) is 1.76. The van der Waals surface area contributed by atoms with Gasteiger partial charge in [-0.25, -0.2) is 0 Å². The molecule has 1 heterocycles. The van der Waals surface area contributed by atoms with E-state index in [1.807, 2.05) is 13.0 Å². The molecule has 1 aromatic heterocycles. The minimum atomic E-state index is 0.259. The van der Waals surface area contributed by atoms with Gasteiger partial charge in [0, 0.05) is 18.0 Å². The first kappa shape index (κ1) is 12.9. The molecule has 0 unspecified atom stereocenters. The summed E-state index contributed by atoms with van der Waals surface area (Å²) in [7, 11) is 0. The number of hydrogen-bond donors (Lipinski definition) is 1. The maximum Gasteiger partial charge on any atom is 0.228 e. The lowest BCUT2D eigenvalue weighted by molar-refractivity contribution is 0.285. The molecule has 0 amide bonds. The molecule has 2 N–H and O–H groups in total. The molecule has 0 aliphatic carbocycles. The van der Waals surface area contributed by atoms with Crippen LogP contribution in [0.15, 0.2) is 22.7 Å². The van der Waals surface area contributed by atoms with Crippen LogP contribution in [0.2, 0.25) is 5.02 Å². The molecule has 96 valence electrons. The molecular formula is C12H14ClN3O2. The van der Waals surface area contributed by atoms with Crippen molar-refractivity contribution in [2.24, 2.45) is 5.73 Å². The molecular weight excluding hydrogens is 254 g/mol. The van der Waals surface area contributed by atoms with Gasteiger partial charge in [0.1, 0.15) is 5.75 Å². The Bertz CT molecular complexity index is 528. The highest BCUT2D eigenvalue weighted by Crippen LogP contribution is 2.21. The third kappa shape index (κ3) is 3.21. The monoisotopic (exact) mass is 267 g/mol. The zero-order chi connectivity index (χ0) is 13.0. The zero-order valence-corrected chi connectivity index (χ0v) is 10.8. The number of aryl methyl sites for hydroxylation is 1. The van der Waals surface area contributed by atoms with Crippen LogP contribution in [0.5, 0.6) is 5.75 Å². The molecule has 0 atom stereocenters. The molecule has 0 fully saturated rings. The smallest absolute Gasteiger partial charge is 0.228 e. The summed E-state index contributed by atoms with van der Waals surface area (Å²) in [6, 6.07) is 5.46. The molecule has 0 aliphatic heterocycles. The topological polar surface area (TPSA) is 74.2 Å². The molecule has 5 nitrogen and oxygen atoms in total. The second-order valence-electron chi connectivity index (χ2n) is 3.84. The molecule has 0 spiro atoms. The second kappa shape index (κ2) is 5.84. The van der Waals surface area contributed by atoms with Crippen LogP contribution < -0.4 is 10.5 Å². The Hall–Kier alpha value is -1.59. The minimum absolute atomic E-state index is 0.259. The number of nitrogens with zero attached hydrogens (tertiary/aromatic N) is 2. The van der Waals surface area contributed by atoms with Crippen molar-refractivity contribution in [3.63, 3.8) is 0 Å². The van der Waals surface area contributed by atoms with Gasteiger partial charge in [-0.05, 0) is 30.7 Å². The van der Waals surface area contributed by atoms with Crippen LogP contribution >= 0.6 is 11.6 Å². The fourth-order valence-corrected chi connectivity index (χ4v) is 1.55. The van der Waals surface area contributed by atoms with Gasteiger partial charge in [-0.3, -0.25) is 0 Å². The van der Waals surface area contributed by atoms with Crippen molar-refractivity contribution in [3.8, 4) is 5.75 Å². The third-order valence-corrected chi connectivity index (χ3v) is 2.79. The summed E-state index contributed by atoms with van der Waals surface area (Å²) in [5, 5.41) is 4.51. The Labute approximate surface area is 110 Å². The van der Waals surface area contributed by atoms with Crippen LogP contribution in [0.3, 0.4) is 0 Å². The molecule has 0 aliphatic rings. The number of ether oxygens (including phenoxy) is 1. The largest absolute Gasteiger partial charge is 0.485 e. The van der Waals surface area contributed by atoms with Gasteiger partial charge in [0.2, 0.25) is 11.7 Å². The number of halogens is 1. The molecule has 2 aromatic rings. The van der Waals surface area contributed by atoms with Crippen LogP contribution in [-0.4, -0.2) is 16.7 Å². The first-order chi connectivity index (χ1) is 8.69. The van der Waals surface area contributed by atoms with E-state index in [4.69, 9.17) is 26.6 Å². The molecule has 0 bridgehead atoms. The summed E-state index contributed by atoms with van der Waals surface area (Å²) >= 11 is 5.93. The highest BCUT2D eigenvalue weighted by Gasteiger charge is 2.06. The number of nitrogens with two attached hydrogens (primary N) is 1. The average molecular weight is 268 g/mol. The van der Waals surface area contributed by atoms with Crippen LogP contribution in [0, 0.1) is 6.92 Å². The Morgan fingerprint density at radius 1 is 1.44 bits per heavy atom. The predicted octanol–water partition coefficient (Wildman–Crippen LogP) is 2.11. The molecule has 1 aromatic carbocycles. The Morgan fingerprint density at radius 2 is 2.28 bits per heavy atom. The van der Waals surface area contributed by atoms with Crippen molar-refractivity contribution in [3.05, 3.63) is 40.5 Å². The van der Waals surface area contributed by atoms with Gasteiger partial charge in [0.05, 0.1) is 0 Å². The van der Waals surface area contributed by atoms with Crippen LogP contribution in [0.1, 0.15) is 17.3 Å². The summed E-state index contributed by atoms with van der Waals surface area (Å²) in [5.41, 5.74) is 6.36. The minimum Gasteiger partial charge on any atom is -0.485 e. The maximum absolute atomic E-state index is 5.93. The van der Waals surface area contributed by atoms with E-state index in [1.165, 1.54) is 0 Å². The zero-order valence-electron chi connectivity index (χ0n) is 10.0. The molecule has 0 radical (unpaired) electrons. The van der Waals surface area contributed by atoms with Gasteiger partial charge in [-0.1, -0.05) is 16.8 Å².